The molecule has 0 heterocycles. The average Bonchev–Trinajstić information content (AvgIpc) is 2.70. The molecule has 0 saturated carbocycles. The fraction of sp³-hybridized carbons (Fsp3) is 0.704. The van der Waals surface area contributed by atoms with Crippen LogP contribution in [0.4, 0.5) is 0 Å². The Kier molecular flexibility index (Phi) is 11.3. The third kappa shape index (κ3) is 7.08. The maximum atomic E-state index is 12.7. The van der Waals surface area contributed by atoms with Gasteiger partial charge in [0.25, 0.3) is 0 Å². The molecule has 1 rings (SSSR count). The molecule has 0 amide bonds. The van der Waals surface area contributed by atoms with Gasteiger partial charge in [-0.3, -0.25) is 9.59 Å². The van der Waals surface area contributed by atoms with Crippen LogP contribution in [0.5, 0.6) is 0 Å². The predicted octanol–water partition coefficient (Wildman–Crippen LogP) is 7.70. The normalized spacial score (nSPS) is 23.9. The van der Waals surface area contributed by atoms with Crippen LogP contribution >= 0.6 is 0 Å². The van der Waals surface area contributed by atoms with E-state index in [1.807, 2.05) is 19.9 Å². The molecule has 0 aromatic rings. The molecule has 2 unspecified atom stereocenters. The topological polar surface area (TPSA) is 74.6 Å². The second kappa shape index (κ2) is 12.9. The van der Waals surface area contributed by atoms with Crippen LogP contribution < -0.4 is 0 Å². The highest BCUT2D eigenvalue weighted by Gasteiger charge is 2.61. The van der Waals surface area contributed by atoms with Crippen LogP contribution in [0.15, 0.2) is 34.9 Å². The van der Waals surface area contributed by atoms with Crippen LogP contribution in [0.25, 0.3) is 0 Å². The van der Waals surface area contributed by atoms with Crippen LogP contribution in [-0.4, -0.2) is 22.2 Å². The molecule has 0 aromatic carbocycles. The molecule has 4 nitrogen and oxygen atoms in total. The molecule has 2 atom stereocenters. The van der Waals surface area contributed by atoms with Gasteiger partial charge in [-0.25, -0.2) is 0 Å². The van der Waals surface area contributed by atoms with Gasteiger partial charge in [0, 0.05) is 0 Å². The van der Waals surface area contributed by atoms with Gasteiger partial charge >= 0.3 is 11.9 Å². The number of rotatable bonds is 14. The lowest BCUT2D eigenvalue weighted by atomic mass is 9.52. The van der Waals surface area contributed by atoms with E-state index in [0.717, 1.165) is 56.9 Å². The van der Waals surface area contributed by atoms with Crippen molar-refractivity contribution in [2.24, 2.45) is 10.8 Å². The monoisotopic (exact) mass is 432 g/mol. The fourth-order valence-corrected chi connectivity index (χ4v) is 4.94. The molecule has 0 aromatic heterocycles. The number of aliphatic carboxylic acids is 2. The predicted molar refractivity (Wildman–Crippen MR) is 128 cm³/mol. The smallest absolute Gasteiger partial charge is 0.311 e. The summed E-state index contributed by atoms with van der Waals surface area (Å²) >= 11 is 0. The molecule has 31 heavy (non-hydrogen) atoms. The summed E-state index contributed by atoms with van der Waals surface area (Å²) in [5.74, 6) is -1.87. The number of carboxylic acids is 2. The Morgan fingerprint density at radius 2 is 1.52 bits per heavy atom. The van der Waals surface area contributed by atoms with Gasteiger partial charge in [0.1, 0.15) is 0 Å². The zero-order valence-corrected chi connectivity index (χ0v) is 20.4. The van der Waals surface area contributed by atoms with Gasteiger partial charge in [-0.2, -0.15) is 0 Å². The molecule has 0 fully saturated rings. The van der Waals surface area contributed by atoms with Crippen LogP contribution in [-0.2, 0) is 9.59 Å². The number of hydrogen-bond acceptors (Lipinski definition) is 2. The van der Waals surface area contributed by atoms with Gasteiger partial charge in [-0.15, -0.1) is 0 Å². The largest absolute Gasteiger partial charge is 0.481 e. The summed E-state index contributed by atoms with van der Waals surface area (Å²) in [5, 5.41) is 20.6. The summed E-state index contributed by atoms with van der Waals surface area (Å²) in [5.41, 5.74) is 1.38. The summed E-state index contributed by atoms with van der Waals surface area (Å²) in [4.78, 5) is 25.2. The molecule has 1 aliphatic carbocycles. The molecular formula is C27H44O4. The standard InChI is InChI=1S/C27H44O4/c1-6-8-17-26(24(28)29)19-16-23(20-27(26,25(30)31)18-9-7-2)15-11-14-22(5)13-10-12-21(3)4/h12,14,16H,6-11,13,15,17-20H2,1-5H3,(H,28,29)(H,30,31). The number of unbranched alkanes of at least 4 members (excludes halogenated alkanes) is 2. The number of allylic oxidation sites excluding steroid dienone is 6. The van der Waals surface area contributed by atoms with E-state index in [2.05, 4.69) is 32.9 Å². The van der Waals surface area contributed by atoms with E-state index in [0.29, 0.717) is 25.7 Å². The molecule has 1 aliphatic rings. The van der Waals surface area contributed by atoms with Crippen LogP contribution in [0.2, 0.25) is 0 Å². The Morgan fingerprint density at radius 1 is 0.935 bits per heavy atom. The van der Waals surface area contributed by atoms with E-state index in [1.54, 1.807) is 0 Å². The van der Waals surface area contributed by atoms with E-state index in [4.69, 9.17) is 0 Å². The van der Waals surface area contributed by atoms with Crippen LogP contribution in [0.3, 0.4) is 0 Å². The van der Waals surface area contributed by atoms with Crippen molar-refractivity contribution in [2.75, 3.05) is 0 Å². The van der Waals surface area contributed by atoms with Crippen molar-refractivity contribution < 1.29 is 19.8 Å². The van der Waals surface area contributed by atoms with Gasteiger partial charge < -0.3 is 10.2 Å². The highest BCUT2D eigenvalue weighted by Crippen LogP contribution is 2.57. The minimum Gasteiger partial charge on any atom is -0.481 e. The quantitative estimate of drug-likeness (QED) is 0.276. The Balaban J connectivity index is 3.08. The number of carboxylic acid groups (broad SMARTS) is 2. The van der Waals surface area contributed by atoms with Crippen molar-refractivity contribution in [1.82, 2.24) is 0 Å². The summed E-state index contributed by atoms with van der Waals surface area (Å²) in [6, 6.07) is 0. The van der Waals surface area contributed by atoms with Crippen molar-refractivity contribution in [1.29, 1.82) is 0 Å². The molecule has 0 bridgehead atoms. The van der Waals surface area contributed by atoms with Gasteiger partial charge in [0.2, 0.25) is 0 Å². The summed E-state index contributed by atoms with van der Waals surface area (Å²) in [7, 11) is 0. The van der Waals surface area contributed by atoms with Crippen molar-refractivity contribution in [3.63, 3.8) is 0 Å². The van der Waals surface area contributed by atoms with E-state index in [1.165, 1.54) is 11.1 Å². The summed E-state index contributed by atoms with van der Waals surface area (Å²) in [6.07, 6.45) is 15.1. The van der Waals surface area contributed by atoms with Crippen LogP contribution in [0.1, 0.15) is 112 Å². The van der Waals surface area contributed by atoms with Gasteiger partial charge in [-0.1, -0.05) is 74.5 Å². The first-order valence-electron chi connectivity index (χ1n) is 12.1. The second-order valence-corrected chi connectivity index (χ2v) is 9.63. The average molecular weight is 433 g/mol. The molecule has 0 aliphatic heterocycles. The van der Waals surface area contributed by atoms with Gasteiger partial charge in [0.15, 0.2) is 0 Å². The van der Waals surface area contributed by atoms with Crippen molar-refractivity contribution in [3.05, 3.63) is 34.9 Å². The van der Waals surface area contributed by atoms with E-state index < -0.39 is 22.8 Å². The highest BCUT2D eigenvalue weighted by atomic mass is 16.4. The van der Waals surface area contributed by atoms with E-state index in [9.17, 15) is 19.8 Å². The summed E-state index contributed by atoms with van der Waals surface area (Å²) in [6.45, 7) is 10.4. The lowest BCUT2D eigenvalue weighted by molar-refractivity contribution is -0.178. The zero-order chi connectivity index (χ0) is 23.5. The molecular weight excluding hydrogens is 388 g/mol. The first-order valence-corrected chi connectivity index (χ1v) is 12.1. The minimum atomic E-state index is -1.21. The first kappa shape index (κ1) is 27.2. The third-order valence-corrected chi connectivity index (χ3v) is 6.97. The Hall–Kier alpha value is -1.84. The molecule has 0 saturated heterocycles. The Labute approximate surface area is 189 Å². The number of hydrogen-bond donors (Lipinski definition) is 2. The van der Waals surface area contributed by atoms with Gasteiger partial charge in [0.05, 0.1) is 10.8 Å². The van der Waals surface area contributed by atoms with Crippen molar-refractivity contribution in [2.45, 2.75) is 112 Å². The van der Waals surface area contributed by atoms with Gasteiger partial charge in [-0.05, 0) is 72.1 Å². The molecule has 176 valence electrons. The van der Waals surface area contributed by atoms with Crippen LogP contribution in [0, 0.1) is 10.8 Å². The SMILES string of the molecule is CCCCC1(C(=O)O)CC=C(CCC=C(C)CCC=C(C)C)CC1(CCCC)C(=O)O. The molecule has 0 radical (unpaired) electrons. The second-order valence-electron chi connectivity index (χ2n) is 9.63. The third-order valence-electron chi connectivity index (χ3n) is 6.97. The first-order chi connectivity index (χ1) is 14.6. The molecule has 0 spiro atoms. The lowest BCUT2D eigenvalue weighted by Crippen LogP contribution is -2.54. The lowest BCUT2D eigenvalue weighted by Gasteiger charge is -2.48. The van der Waals surface area contributed by atoms with Crippen molar-refractivity contribution >= 4 is 11.9 Å². The van der Waals surface area contributed by atoms with E-state index >= 15 is 0 Å². The van der Waals surface area contributed by atoms with Crippen molar-refractivity contribution in [3.8, 4) is 0 Å². The molecule has 4 heteroatoms. The number of carbonyl (C=O) groups is 2. The minimum absolute atomic E-state index is 0.330. The van der Waals surface area contributed by atoms with E-state index in [-0.39, 0.29) is 0 Å². The fourth-order valence-electron chi connectivity index (χ4n) is 4.94. The zero-order valence-electron chi connectivity index (χ0n) is 20.4. The molecule has 2 N–H and O–H groups in total. The Morgan fingerprint density at radius 3 is 2.03 bits per heavy atom. The Bertz CT molecular complexity index is 696. The summed E-state index contributed by atoms with van der Waals surface area (Å²) < 4.78 is 0. The highest BCUT2D eigenvalue weighted by molar-refractivity contribution is 5.87. The maximum absolute atomic E-state index is 12.7. The maximum Gasteiger partial charge on any atom is 0.311 e.